The number of aromatic hydroxyl groups is 1. The van der Waals surface area contributed by atoms with Crippen molar-refractivity contribution in [2.24, 2.45) is 4.99 Å². The molecule has 0 amide bonds. The van der Waals surface area contributed by atoms with Crippen LogP contribution in [0.15, 0.2) is 35.5 Å². The van der Waals surface area contributed by atoms with Gasteiger partial charge in [-0.05, 0) is 24.3 Å². The molecule has 0 spiro atoms. The van der Waals surface area contributed by atoms with Crippen LogP contribution in [0.25, 0.3) is 10.9 Å². The Morgan fingerprint density at radius 1 is 1.36 bits per heavy atom. The van der Waals surface area contributed by atoms with Crippen molar-refractivity contribution >= 4 is 22.7 Å². The van der Waals surface area contributed by atoms with Crippen molar-refractivity contribution in [1.82, 2.24) is 4.98 Å². The maximum Gasteiger partial charge on any atom is 0.240 e. The first kappa shape index (κ1) is 8.41. The molecule has 0 saturated carbocycles. The summed E-state index contributed by atoms with van der Waals surface area (Å²) >= 11 is 0. The zero-order chi connectivity index (χ0) is 9.97. The Kier molecular flexibility index (Phi) is 1.97. The largest absolute Gasteiger partial charge is 0.508 e. The number of hydrogen-bond acceptors (Lipinski definition) is 4. The van der Waals surface area contributed by atoms with Gasteiger partial charge in [-0.3, -0.25) is 4.98 Å². The lowest BCUT2D eigenvalue weighted by Crippen LogP contribution is -1.78. The molecule has 0 aliphatic rings. The van der Waals surface area contributed by atoms with Crippen molar-refractivity contribution in [1.29, 1.82) is 0 Å². The molecular formula is C10H6N2O2. The van der Waals surface area contributed by atoms with Crippen LogP contribution in [0.1, 0.15) is 0 Å². The first-order valence-electron chi connectivity index (χ1n) is 3.97. The van der Waals surface area contributed by atoms with Crippen LogP contribution < -0.4 is 0 Å². The zero-order valence-corrected chi connectivity index (χ0v) is 7.14. The Labute approximate surface area is 79.5 Å². The van der Waals surface area contributed by atoms with Crippen molar-refractivity contribution in [2.45, 2.75) is 0 Å². The number of isocyanates is 1. The first-order valence-corrected chi connectivity index (χ1v) is 3.97. The third kappa shape index (κ3) is 1.34. The molecule has 1 aromatic heterocycles. The third-order valence-electron chi connectivity index (χ3n) is 1.87. The van der Waals surface area contributed by atoms with E-state index in [-0.39, 0.29) is 5.75 Å². The fourth-order valence-electron chi connectivity index (χ4n) is 1.27. The van der Waals surface area contributed by atoms with Gasteiger partial charge >= 0.3 is 0 Å². The highest BCUT2D eigenvalue weighted by Gasteiger charge is 2.01. The van der Waals surface area contributed by atoms with E-state index in [1.54, 1.807) is 18.3 Å². The van der Waals surface area contributed by atoms with Gasteiger partial charge in [-0.25, -0.2) is 4.79 Å². The second-order valence-corrected chi connectivity index (χ2v) is 2.73. The molecule has 0 saturated heterocycles. The molecule has 68 valence electrons. The second-order valence-electron chi connectivity index (χ2n) is 2.73. The van der Waals surface area contributed by atoms with Gasteiger partial charge in [0.15, 0.2) is 0 Å². The van der Waals surface area contributed by atoms with Crippen molar-refractivity contribution in [3.8, 4) is 5.75 Å². The van der Waals surface area contributed by atoms with Crippen molar-refractivity contribution in [2.75, 3.05) is 0 Å². The molecule has 1 aromatic carbocycles. The number of fused-ring (bicyclic) bond motifs is 1. The Hall–Kier alpha value is -2.19. The lowest BCUT2D eigenvalue weighted by atomic mass is 10.2. The summed E-state index contributed by atoms with van der Waals surface area (Å²) in [6.07, 6.45) is 3.01. The van der Waals surface area contributed by atoms with E-state index in [0.717, 1.165) is 0 Å². The van der Waals surface area contributed by atoms with Gasteiger partial charge in [0, 0.05) is 11.6 Å². The molecule has 0 radical (unpaired) electrons. The number of carbonyl (C=O) groups excluding carboxylic acids is 1. The summed E-state index contributed by atoms with van der Waals surface area (Å²) in [6, 6.07) is 6.30. The topological polar surface area (TPSA) is 62.5 Å². The van der Waals surface area contributed by atoms with Crippen LogP contribution in [-0.2, 0) is 4.79 Å². The molecule has 4 nitrogen and oxygen atoms in total. The minimum Gasteiger partial charge on any atom is -0.508 e. The zero-order valence-electron chi connectivity index (χ0n) is 7.14. The number of phenols is 1. The molecule has 0 aliphatic carbocycles. The standard InChI is InChI=1S/C10H6N2O2/c13-6-12-10-3-4-11-9-2-1-7(14)5-8(9)10/h1-5,14H. The van der Waals surface area contributed by atoms with Gasteiger partial charge in [-0.2, -0.15) is 4.99 Å². The highest BCUT2D eigenvalue weighted by atomic mass is 16.3. The van der Waals surface area contributed by atoms with E-state index in [9.17, 15) is 9.90 Å². The Morgan fingerprint density at radius 3 is 3.00 bits per heavy atom. The van der Waals surface area contributed by atoms with E-state index in [1.807, 2.05) is 0 Å². The molecule has 1 N–H and O–H groups in total. The SMILES string of the molecule is O=C=Nc1ccnc2ccc(O)cc12. The number of rotatable bonds is 1. The molecule has 2 rings (SSSR count). The molecule has 14 heavy (non-hydrogen) atoms. The number of pyridine rings is 1. The van der Waals surface area contributed by atoms with Crippen LogP contribution in [0.3, 0.4) is 0 Å². The quantitative estimate of drug-likeness (QED) is 0.546. The highest BCUT2D eigenvalue weighted by molar-refractivity contribution is 5.91. The average Bonchev–Trinajstić information content (AvgIpc) is 2.19. The lowest BCUT2D eigenvalue weighted by Gasteiger charge is -1.99. The predicted octanol–water partition coefficient (Wildman–Crippen LogP) is 1.91. The minimum atomic E-state index is 0.118. The minimum absolute atomic E-state index is 0.118. The van der Waals surface area contributed by atoms with Crippen LogP contribution in [0.4, 0.5) is 5.69 Å². The number of nitrogens with zero attached hydrogens (tertiary/aromatic N) is 2. The molecule has 0 atom stereocenters. The maximum absolute atomic E-state index is 10.1. The van der Waals surface area contributed by atoms with E-state index >= 15 is 0 Å². The Balaban J connectivity index is 2.83. The summed E-state index contributed by atoms with van der Waals surface area (Å²) in [6.45, 7) is 0. The molecule has 0 unspecified atom stereocenters. The fraction of sp³-hybridized carbons (Fsp3) is 0. The molecular weight excluding hydrogens is 180 g/mol. The van der Waals surface area contributed by atoms with Gasteiger partial charge in [-0.15, -0.1) is 0 Å². The average molecular weight is 186 g/mol. The van der Waals surface area contributed by atoms with Gasteiger partial charge in [0.05, 0.1) is 11.2 Å². The van der Waals surface area contributed by atoms with Crippen LogP contribution in [0.2, 0.25) is 0 Å². The maximum atomic E-state index is 10.1. The smallest absolute Gasteiger partial charge is 0.240 e. The summed E-state index contributed by atoms with van der Waals surface area (Å²) in [5.41, 5.74) is 1.14. The van der Waals surface area contributed by atoms with Gasteiger partial charge in [0.2, 0.25) is 6.08 Å². The van der Waals surface area contributed by atoms with Gasteiger partial charge in [0.25, 0.3) is 0 Å². The third-order valence-corrected chi connectivity index (χ3v) is 1.87. The van der Waals surface area contributed by atoms with E-state index in [4.69, 9.17) is 0 Å². The van der Waals surface area contributed by atoms with Gasteiger partial charge < -0.3 is 5.11 Å². The molecule has 1 heterocycles. The lowest BCUT2D eigenvalue weighted by molar-refractivity contribution is 0.476. The summed E-state index contributed by atoms with van der Waals surface area (Å²) in [5, 5.41) is 9.89. The molecule has 2 aromatic rings. The molecule has 4 heteroatoms. The summed E-state index contributed by atoms with van der Waals surface area (Å²) in [4.78, 5) is 17.7. The van der Waals surface area contributed by atoms with Crippen LogP contribution in [0.5, 0.6) is 5.75 Å². The number of aliphatic imine (C=N–C) groups is 1. The van der Waals surface area contributed by atoms with Crippen molar-refractivity contribution in [3.63, 3.8) is 0 Å². The predicted molar refractivity (Wildman–Crippen MR) is 51.2 cm³/mol. The number of benzene rings is 1. The van der Waals surface area contributed by atoms with Crippen LogP contribution in [-0.4, -0.2) is 16.2 Å². The van der Waals surface area contributed by atoms with E-state index in [2.05, 4.69) is 9.98 Å². The fourth-order valence-corrected chi connectivity index (χ4v) is 1.27. The monoisotopic (exact) mass is 186 g/mol. The summed E-state index contributed by atoms with van der Waals surface area (Å²) < 4.78 is 0. The van der Waals surface area contributed by atoms with E-state index in [1.165, 1.54) is 18.2 Å². The first-order chi connectivity index (χ1) is 6.81. The number of aromatic nitrogens is 1. The van der Waals surface area contributed by atoms with E-state index < -0.39 is 0 Å². The summed E-state index contributed by atoms with van der Waals surface area (Å²) in [5.74, 6) is 0.118. The Morgan fingerprint density at radius 2 is 2.21 bits per heavy atom. The van der Waals surface area contributed by atoms with Crippen LogP contribution >= 0.6 is 0 Å². The Bertz CT molecular complexity index is 531. The molecule has 0 bridgehead atoms. The number of phenolic OH excluding ortho intramolecular Hbond substituents is 1. The van der Waals surface area contributed by atoms with Crippen LogP contribution in [0, 0.1) is 0 Å². The normalized spacial score (nSPS) is 9.71. The van der Waals surface area contributed by atoms with Gasteiger partial charge in [-0.1, -0.05) is 0 Å². The molecule has 0 aliphatic heterocycles. The van der Waals surface area contributed by atoms with Gasteiger partial charge in [0.1, 0.15) is 5.75 Å². The van der Waals surface area contributed by atoms with Crippen molar-refractivity contribution < 1.29 is 9.90 Å². The highest BCUT2D eigenvalue weighted by Crippen LogP contribution is 2.26. The van der Waals surface area contributed by atoms with Crippen molar-refractivity contribution in [3.05, 3.63) is 30.5 Å². The number of hydrogen-bond donors (Lipinski definition) is 1. The molecule has 0 fully saturated rings. The second kappa shape index (κ2) is 3.28. The summed E-state index contributed by atoms with van der Waals surface area (Å²) in [7, 11) is 0. The van der Waals surface area contributed by atoms with E-state index in [0.29, 0.717) is 16.6 Å².